The summed E-state index contributed by atoms with van der Waals surface area (Å²) in [6.07, 6.45) is -2.44. The molecule has 24 heavy (non-hydrogen) atoms. The molecule has 2 amide bonds. The van der Waals surface area contributed by atoms with Crippen molar-refractivity contribution in [1.29, 1.82) is 0 Å². The fourth-order valence-corrected chi connectivity index (χ4v) is 1.41. The van der Waals surface area contributed by atoms with Crippen molar-refractivity contribution in [2.75, 3.05) is 0 Å². The van der Waals surface area contributed by atoms with Gasteiger partial charge < -0.3 is 25.3 Å². The first-order chi connectivity index (χ1) is 10.7. The number of amides is 2. The highest BCUT2D eigenvalue weighted by Crippen LogP contribution is 2.10. The minimum absolute atomic E-state index is 0.143. The number of hydrogen-bond acceptors (Lipinski definition) is 7. The zero-order chi connectivity index (χ0) is 19.1. The fourth-order valence-electron chi connectivity index (χ4n) is 1.41. The summed E-state index contributed by atoms with van der Waals surface area (Å²) in [6, 6.07) is -1.13. The molecule has 3 N–H and O–H groups in total. The molecule has 1 atom stereocenters. The average Bonchev–Trinajstić information content (AvgIpc) is 2.28. The molecule has 0 aromatic carbocycles. The molecule has 0 fully saturated rings. The SMILES string of the molecule is CC(C)(C)OC(=O)NC(CCC(=O)OC(=O)OC(C)(C)C)C(N)=O. The van der Waals surface area contributed by atoms with E-state index in [0.717, 1.165) is 0 Å². The van der Waals surface area contributed by atoms with E-state index in [1.54, 1.807) is 41.5 Å². The topological polar surface area (TPSA) is 134 Å². The largest absolute Gasteiger partial charge is 0.516 e. The molecule has 0 aliphatic carbocycles. The number of carbonyl (C=O) groups is 4. The molecule has 0 aliphatic heterocycles. The van der Waals surface area contributed by atoms with Gasteiger partial charge in [0.1, 0.15) is 17.2 Å². The van der Waals surface area contributed by atoms with E-state index in [1.165, 1.54) is 0 Å². The number of esters is 1. The van der Waals surface area contributed by atoms with E-state index in [0.29, 0.717) is 0 Å². The number of nitrogens with one attached hydrogen (secondary N) is 1. The van der Waals surface area contributed by atoms with E-state index >= 15 is 0 Å². The monoisotopic (exact) mass is 346 g/mol. The predicted molar refractivity (Wildman–Crippen MR) is 83.9 cm³/mol. The second kappa shape index (κ2) is 8.51. The van der Waals surface area contributed by atoms with Crippen molar-refractivity contribution in [2.24, 2.45) is 5.73 Å². The van der Waals surface area contributed by atoms with Crippen LogP contribution in [0.25, 0.3) is 0 Å². The molecule has 0 heterocycles. The summed E-state index contributed by atoms with van der Waals surface area (Å²) in [5, 5.41) is 2.26. The molecule has 0 radical (unpaired) electrons. The minimum Gasteiger partial charge on any atom is -0.444 e. The van der Waals surface area contributed by atoms with Crippen LogP contribution in [-0.4, -0.2) is 41.4 Å². The lowest BCUT2D eigenvalue weighted by Crippen LogP contribution is -2.46. The Kier molecular flexibility index (Phi) is 7.69. The Morgan fingerprint density at radius 3 is 1.88 bits per heavy atom. The van der Waals surface area contributed by atoms with Gasteiger partial charge in [-0.25, -0.2) is 9.59 Å². The van der Waals surface area contributed by atoms with Crippen LogP contribution in [0.15, 0.2) is 0 Å². The lowest BCUT2D eigenvalue weighted by Gasteiger charge is -2.22. The van der Waals surface area contributed by atoms with Crippen molar-refractivity contribution in [3.05, 3.63) is 0 Å². The molecule has 0 aromatic rings. The van der Waals surface area contributed by atoms with Gasteiger partial charge in [0, 0.05) is 6.42 Å². The summed E-state index contributed by atoms with van der Waals surface area (Å²) in [4.78, 5) is 45.8. The van der Waals surface area contributed by atoms with Gasteiger partial charge in [-0.05, 0) is 48.0 Å². The van der Waals surface area contributed by atoms with Crippen molar-refractivity contribution in [3.63, 3.8) is 0 Å². The second-order valence-electron chi connectivity index (χ2n) is 7.08. The highest BCUT2D eigenvalue weighted by Gasteiger charge is 2.25. The fraction of sp³-hybridized carbons (Fsp3) is 0.733. The normalized spacial score (nSPS) is 12.8. The first-order valence-corrected chi connectivity index (χ1v) is 7.42. The van der Waals surface area contributed by atoms with Crippen LogP contribution in [0.5, 0.6) is 0 Å². The molecule has 0 rings (SSSR count). The van der Waals surface area contributed by atoms with Crippen LogP contribution in [0.1, 0.15) is 54.4 Å². The molecule has 1 unspecified atom stereocenters. The summed E-state index contributed by atoms with van der Waals surface area (Å²) in [5.74, 6) is -1.74. The summed E-state index contributed by atoms with van der Waals surface area (Å²) < 4.78 is 14.3. The van der Waals surface area contributed by atoms with Gasteiger partial charge >= 0.3 is 18.2 Å². The number of nitrogens with two attached hydrogens (primary N) is 1. The zero-order valence-electron chi connectivity index (χ0n) is 14.9. The predicted octanol–water partition coefficient (Wildman–Crippen LogP) is 1.62. The first kappa shape index (κ1) is 21.7. The van der Waals surface area contributed by atoms with Gasteiger partial charge in [0.05, 0.1) is 0 Å². The van der Waals surface area contributed by atoms with Gasteiger partial charge in [-0.1, -0.05) is 0 Å². The van der Waals surface area contributed by atoms with E-state index in [2.05, 4.69) is 10.1 Å². The number of ether oxygens (including phenoxy) is 3. The molecule has 0 bridgehead atoms. The highest BCUT2D eigenvalue weighted by atomic mass is 16.7. The molecule has 0 spiro atoms. The third kappa shape index (κ3) is 11.3. The molecule has 0 aromatic heterocycles. The Morgan fingerprint density at radius 2 is 1.46 bits per heavy atom. The smallest absolute Gasteiger partial charge is 0.444 e. The van der Waals surface area contributed by atoms with Gasteiger partial charge in [0.25, 0.3) is 0 Å². The van der Waals surface area contributed by atoms with E-state index in [4.69, 9.17) is 15.2 Å². The van der Waals surface area contributed by atoms with Crippen LogP contribution in [0.4, 0.5) is 9.59 Å². The summed E-state index contributed by atoms with van der Waals surface area (Å²) in [7, 11) is 0. The summed E-state index contributed by atoms with van der Waals surface area (Å²) in [6.45, 7) is 9.82. The van der Waals surface area contributed by atoms with Crippen LogP contribution in [0.3, 0.4) is 0 Å². The quantitative estimate of drug-likeness (QED) is 0.570. The van der Waals surface area contributed by atoms with Gasteiger partial charge in [0.2, 0.25) is 5.91 Å². The third-order valence-electron chi connectivity index (χ3n) is 2.26. The average molecular weight is 346 g/mol. The van der Waals surface area contributed by atoms with E-state index in [9.17, 15) is 19.2 Å². The molecule has 0 saturated heterocycles. The van der Waals surface area contributed by atoms with E-state index in [-0.39, 0.29) is 12.8 Å². The number of alkyl carbamates (subject to hydrolysis) is 1. The minimum atomic E-state index is -1.14. The second-order valence-corrected chi connectivity index (χ2v) is 7.08. The van der Waals surface area contributed by atoms with Crippen LogP contribution >= 0.6 is 0 Å². The van der Waals surface area contributed by atoms with Crippen LogP contribution in [0.2, 0.25) is 0 Å². The van der Waals surface area contributed by atoms with Crippen molar-refractivity contribution in [3.8, 4) is 0 Å². The van der Waals surface area contributed by atoms with Gasteiger partial charge in [-0.3, -0.25) is 9.59 Å². The number of carbonyl (C=O) groups excluding carboxylic acids is 4. The standard InChI is InChI=1S/C15H26N2O7/c1-14(2,3)23-12(20)17-9(11(16)19)7-8-10(18)22-13(21)24-15(4,5)6/h9H,7-8H2,1-6H3,(H2,16,19)(H,17,20). The Balaban J connectivity index is 4.44. The highest BCUT2D eigenvalue weighted by molar-refractivity contribution is 5.86. The van der Waals surface area contributed by atoms with Crippen LogP contribution in [0, 0.1) is 0 Å². The Bertz CT molecular complexity index is 489. The Hall–Kier alpha value is -2.32. The molecule has 138 valence electrons. The zero-order valence-corrected chi connectivity index (χ0v) is 14.9. The summed E-state index contributed by atoms with van der Waals surface area (Å²) in [5.41, 5.74) is 3.62. The number of rotatable bonds is 5. The third-order valence-corrected chi connectivity index (χ3v) is 2.26. The number of hydrogen-bond donors (Lipinski definition) is 2. The molecule has 0 saturated carbocycles. The van der Waals surface area contributed by atoms with Crippen LogP contribution < -0.4 is 11.1 Å². The lowest BCUT2D eigenvalue weighted by atomic mass is 10.1. The lowest BCUT2D eigenvalue weighted by molar-refractivity contribution is -0.141. The molecular formula is C15H26N2O7. The van der Waals surface area contributed by atoms with E-state index < -0.39 is 41.4 Å². The van der Waals surface area contributed by atoms with Crippen LogP contribution in [-0.2, 0) is 23.8 Å². The maximum atomic E-state index is 11.6. The molecule has 0 aliphatic rings. The van der Waals surface area contributed by atoms with Crippen molar-refractivity contribution >= 4 is 24.1 Å². The molecule has 9 nitrogen and oxygen atoms in total. The van der Waals surface area contributed by atoms with Crippen molar-refractivity contribution in [1.82, 2.24) is 5.32 Å². The van der Waals surface area contributed by atoms with Gasteiger partial charge in [0.15, 0.2) is 0 Å². The van der Waals surface area contributed by atoms with Crippen molar-refractivity contribution in [2.45, 2.75) is 71.6 Å². The maximum absolute atomic E-state index is 11.6. The van der Waals surface area contributed by atoms with Gasteiger partial charge in [-0.2, -0.15) is 0 Å². The first-order valence-electron chi connectivity index (χ1n) is 7.42. The molecular weight excluding hydrogens is 320 g/mol. The van der Waals surface area contributed by atoms with E-state index in [1.807, 2.05) is 0 Å². The summed E-state index contributed by atoms with van der Waals surface area (Å²) >= 11 is 0. The Morgan fingerprint density at radius 1 is 0.958 bits per heavy atom. The maximum Gasteiger partial charge on any atom is 0.516 e. The Labute approximate surface area is 141 Å². The number of primary amides is 1. The van der Waals surface area contributed by atoms with Crippen molar-refractivity contribution < 1.29 is 33.4 Å². The molecule has 9 heteroatoms. The van der Waals surface area contributed by atoms with Gasteiger partial charge in [-0.15, -0.1) is 0 Å².